The number of halogens is 1. The van der Waals surface area contributed by atoms with Gasteiger partial charge < -0.3 is 0 Å². The molecular weight excluding hydrogens is 188 g/mol. The van der Waals surface area contributed by atoms with E-state index in [4.69, 9.17) is 23.8 Å². The van der Waals surface area contributed by atoms with E-state index in [1.165, 1.54) is 5.56 Å². The molecule has 0 nitrogen and oxygen atoms in total. The van der Waals surface area contributed by atoms with Crippen LogP contribution in [0.4, 0.5) is 0 Å². The van der Waals surface area contributed by atoms with Crippen molar-refractivity contribution in [3.63, 3.8) is 0 Å². The maximum absolute atomic E-state index is 5.98. The molecule has 0 aliphatic heterocycles. The molecule has 0 saturated carbocycles. The van der Waals surface area contributed by atoms with Gasteiger partial charge in [0.2, 0.25) is 0 Å². The Labute approximate surface area is 83.6 Å². The van der Waals surface area contributed by atoms with Crippen LogP contribution in [-0.4, -0.2) is 5.37 Å². The van der Waals surface area contributed by atoms with Crippen molar-refractivity contribution in [3.8, 4) is 0 Å². The van der Waals surface area contributed by atoms with E-state index in [2.05, 4.69) is 19.9 Å². The van der Waals surface area contributed by atoms with Crippen molar-refractivity contribution in [2.24, 2.45) is 0 Å². The Hall–Kier alpha value is -0.400. The van der Waals surface area contributed by atoms with E-state index < -0.39 is 0 Å². The number of hydrogen-bond donors (Lipinski definition) is 0. The zero-order chi connectivity index (χ0) is 9.14. The molecule has 0 spiro atoms. The zero-order valence-corrected chi connectivity index (χ0v) is 8.75. The van der Waals surface area contributed by atoms with E-state index in [-0.39, 0.29) is 0 Å². The molecule has 0 amide bonds. The highest BCUT2D eigenvalue weighted by atomic mass is 35.5. The van der Waals surface area contributed by atoms with Crippen LogP contribution in [0.15, 0.2) is 18.2 Å². The first-order valence-electron chi connectivity index (χ1n) is 3.89. The number of benzene rings is 1. The van der Waals surface area contributed by atoms with Crippen LogP contribution in [0.3, 0.4) is 0 Å². The summed E-state index contributed by atoms with van der Waals surface area (Å²) in [6.07, 6.45) is 0. The highest BCUT2D eigenvalue weighted by Gasteiger charge is 2.01. The Kier molecular flexibility index (Phi) is 3.24. The van der Waals surface area contributed by atoms with Crippen LogP contribution in [0.1, 0.15) is 30.9 Å². The second kappa shape index (κ2) is 4.01. The molecule has 0 atom stereocenters. The van der Waals surface area contributed by atoms with Gasteiger partial charge in [-0.25, -0.2) is 0 Å². The second-order valence-electron chi connectivity index (χ2n) is 3.05. The molecular formula is C10H11ClS. The van der Waals surface area contributed by atoms with E-state index >= 15 is 0 Å². The van der Waals surface area contributed by atoms with Gasteiger partial charge in [-0.2, -0.15) is 0 Å². The second-order valence-corrected chi connectivity index (χ2v) is 3.70. The van der Waals surface area contributed by atoms with Gasteiger partial charge in [0, 0.05) is 16.0 Å². The fourth-order valence-corrected chi connectivity index (χ4v) is 1.51. The maximum atomic E-state index is 5.98. The van der Waals surface area contributed by atoms with Gasteiger partial charge in [0.25, 0.3) is 0 Å². The normalized spacial score (nSPS) is 10.3. The molecule has 64 valence electrons. The van der Waals surface area contributed by atoms with Crippen molar-refractivity contribution in [2.45, 2.75) is 19.8 Å². The molecule has 1 aromatic carbocycles. The van der Waals surface area contributed by atoms with Crippen molar-refractivity contribution in [1.82, 2.24) is 0 Å². The summed E-state index contributed by atoms with van der Waals surface area (Å²) >= 11 is 10.8. The van der Waals surface area contributed by atoms with Crippen LogP contribution in [0, 0.1) is 0 Å². The van der Waals surface area contributed by atoms with Gasteiger partial charge in [0.15, 0.2) is 0 Å². The molecule has 12 heavy (non-hydrogen) atoms. The van der Waals surface area contributed by atoms with E-state index in [0.717, 1.165) is 10.6 Å². The summed E-state index contributed by atoms with van der Waals surface area (Å²) in [5, 5.41) is 2.35. The molecule has 0 heterocycles. The smallest absolute Gasteiger partial charge is 0.0489 e. The van der Waals surface area contributed by atoms with Crippen LogP contribution in [0.25, 0.3) is 0 Å². The number of rotatable bonds is 2. The Bertz CT molecular complexity index is 292. The first kappa shape index (κ1) is 9.69. The van der Waals surface area contributed by atoms with E-state index in [0.29, 0.717) is 5.92 Å². The van der Waals surface area contributed by atoms with Crippen molar-refractivity contribution < 1.29 is 0 Å². The van der Waals surface area contributed by atoms with Crippen LogP contribution in [0.5, 0.6) is 0 Å². The summed E-state index contributed by atoms with van der Waals surface area (Å²) < 4.78 is 0. The zero-order valence-electron chi connectivity index (χ0n) is 7.17. The Morgan fingerprint density at radius 3 is 2.50 bits per heavy atom. The summed E-state index contributed by atoms with van der Waals surface area (Å²) in [5.41, 5.74) is 2.18. The fraction of sp³-hybridized carbons (Fsp3) is 0.300. The third kappa shape index (κ3) is 2.05. The summed E-state index contributed by atoms with van der Waals surface area (Å²) in [7, 11) is 0. The molecule has 0 aliphatic carbocycles. The minimum Gasteiger partial charge on any atom is -0.0880 e. The Balaban J connectivity index is 3.10. The highest BCUT2D eigenvalue weighted by Crippen LogP contribution is 2.21. The first-order chi connectivity index (χ1) is 5.65. The van der Waals surface area contributed by atoms with Gasteiger partial charge in [-0.15, -0.1) is 0 Å². The fourth-order valence-electron chi connectivity index (χ4n) is 0.998. The highest BCUT2D eigenvalue weighted by molar-refractivity contribution is 7.79. The summed E-state index contributed by atoms with van der Waals surface area (Å²) in [6.45, 7) is 4.28. The topological polar surface area (TPSA) is 0 Å². The standard InChI is InChI=1S/C10H11ClS/c1-7(2)8-3-4-9(6-12)10(11)5-8/h3-7H,1-2H3. The quantitative estimate of drug-likeness (QED) is 0.652. The predicted molar refractivity (Wildman–Crippen MR) is 58.3 cm³/mol. The monoisotopic (exact) mass is 198 g/mol. The van der Waals surface area contributed by atoms with E-state index in [9.17, 15) is 0 Å². The van der Waals surface area contributed by atoms with Crippen LogP contribution in [-0.2, 0) is 0 Å². The molecule has 0 fully saturated rings. The minimum absolute atomic E-state index is 0.515. The molecule has 0 bridgehead atoms. The van der Waals surface area contributed by atoms with Crippen molar-refractivity contribution in [2.75, 3.05) is 0 Å². The molecule has 0 aliphatic rings. The molecule has 2 heteroatoms. The Morgan fingerprint density at radius 2 is 2.08 bits per heavy atom. The van der Waals surface area contributed by atoms with Crippen LogP contribution in [0.2, 0.25) is 5.02 Å². The summed E-state index contributed by atoms with van der Waals surface area (Å²) in [4.78, 5) is 0. The van der Waals surface area contributed by atoms with Crippen molar-refractivity contribution in [3.05, 3.63) is 34.3 Å². The molecule has 1 aromatic rings. The lowest BCUT2D eigenvalue weighted by Crippen LogP contribution is -1.89. The molecule has 0 saturated heterocycles. The van der Waals surface area contributed by atoms with Gasteiger partial charge in [-0.05, 0) is 17.5 Å². The van der Waals surface area contributed by atoms with E-state index in [1.807, 2.05) is 12.1 Å². The minimum atomic E-state index is 0.515. The molecule has 1 rings (SSSR count). The first-order valence-corrected chi connectivity index (χ1v) is 4.74. The molecule has 0 radical (unpaired) electrons. The van der Waals surface area contributed by atoms with Gasteiger partial charge >= 0.3 is 0 Å². The molecule has 0 unspecified atom stereocenters. The van der Waals surface area contributed by atoms with E-state index in [1.54, 1.807) is 5.37 Å². The van der Waals surface area contributed by atoms with Crippen LogP contribution < -0.4 is 0 Å². The average molecular weight is 199 g/mol. The molecule has 0 aromatic heterocycles. The lowest BCUT2D eigenvalue weighted by molar-refractivity contribution is 0.867. The predicted octanol–water partition coefficient (Wildman–Crippen LogP) is 3.81. The number of thiocarbonyl (C=S) groups is 1. The lowest BCUT2D eigenvalue weighted by Gasteiger charge is -2.06. The SMILES string of the molecule is CC(C)c1ccc(C=S)c(Cl)c1. The third-order valence-electron chi connectivity index (χ3n) is 1.82. The lowest BCUT2D eigenvalue weighted by atomic mass is 10.0. The average Bonchev–Trinajstić information content (AvgIpc) is 2.04. The van der Waals surface area contributed by atoms with Crippen LogP contribution >= 0.6 is 23.8 Å². The van der Waals surface area contributed by atoms with Gasteiger partial charge in [0.05, 0.1) is 0 Å². The van der Waals surface area contributed by atoms with Crippen molar-refractivity contribution in [1.29, 1.82) is 0 Å². The third-order valence-corrected chi connectivity index (χ3v) is 2.40. The van der Waals surface area contributed by atoms with Crippen molar-refractivity contribution >= 4 is 29.2 Å². The molecule has 0 N–H and O–H groups in total. The Morgan fingerprint density at radius 1 is 1.42 bits per heavy atom. The number of hydrogen-bond acceptors (Lipinski definition) is 1. The summed E-state index contributed by atoms with van der Waals surface area (Å²) in [6, 6.07) is 6.00. The van der Waals surface area contributed by atoms with Gasteiger partial charge in [0.1, 0.15) is 0 Å². The maximum Gasteiger partial charge on any atom is 0.0489 e. The van der Waals surface area contributed by atoms with Gasteiger partial charge in [-0.3, -0.25) is 0 Å². The van der Waals surface area contributed by atoms with Gasteiger partial charge in [-0.1, -0.05) is 49.8 Å². The summed E-state index contributed by atoms with van der Waals surface area (Å²) in [5.74, 6) is 0.515. The largest absolute Gasteiger partial charge is 0.0880 e.